The largest absolute Gasteiger partial charge is 0.497 e. The summed E-state index contributed by atoms with van der Waals surface area (Å²) in [5.74, 6) is 1.93. The van der Waals surface area contributed by atoms with E-state index in [0.29, 0.717) is 17.9 Å². The number of ether oxygens (including phenoxy) is 2. The summed E-state index contributed by atoms with van der Waals surface area (Å²) in [5.41, 5.74) is 2.74. The minimum atomic E-state index is -0.296. The number of rotatable bonds is 6. The Kier molecular flexibility index (Phi) is 5.33. The molecule has 6 nitrogen and oxygen atoms in total. The van der Waals surface area contributed by atoms with E-state index >= 15 is 0 Å². The van der Waals surface area contributed by atoms with Crippen molar-refractivity contribution in [3.05, 3.63) is 83.8 Å². The van der Waals surface area contributed by atoms with Crippen molar-refractivity contribution in [3.63, 3.8) is 0 Å². The zero-order valence-corrected chi connectivity index (χ0v) is 16.4. The standard InChI is InChI=1S/C23H22N2O4/c1-16-6-3-4-7-21(16)29-15-23(26)25-20(22-8-5-13-28-22)14-19(24-25)17-9-11-18(27-2)12-10-17/h3-13,20H,14-15H2,1-2H3/t20-/m0/s1. The van der Waals surface area contributed by atoms with Gasteiger partial charge >= 0.3 is 0 Å². The molecule has 0 radical (unpaired) electrons. The van der Waals surface area contributed by atoms with Gasteiger partial charge in [0.15, 0.2) is 6.61 Å². The summed E-state index contributed by atoms with van der Waals surface area (Å²) >= 11 is 0. The van der Waals surface area contributed by atoms with Gasteiger partial charge in [0.25, 0.3) is 5.91 Å². The van der Waals surface area contributed by atoms with E-state index in [1.54, 1.807) is 13.4 Å². The molecule has 1 aromatic heterocycles. The molecule has 2 heterocycles. The van der Waals surface area contributed by atoms with Gasteiger partial charge in [-0.05, 0) is 60.5 Å². The van der Waals surface area contributed by atoms with Crippen LogP contribution in [0.25, 0.3) is 0 Å². The Hall–Kier alpha value is -3.54. The molecule has 0 saturated carbocycles. The zero-order valence-electron chi connectivity index (χ0n) is 16.4. The number of furan rings is 1. The van der Waals surface area contributed by atoms with E-state index in [-0.39, 0.29) is 18.6 Å². The number of carbonyl (C=O) groups excluding carboxylic acids is 1. The van der Waals surface area contributed by atoms with Crippen molar-refractivity contribution in [2.24, 2.45) is 5.10 Å². The SMILES string of the molecule is COc1ccc(C2=NN(C(=O)COc3ccccc3C)[C@H](c3ccco3)C2)cc1. The van der Waals surface area contributed by atoms with Crippen molar-refractivity contribution in [2.75, 3.05) is 13.7 Å². The minimum absolute atomic E-state index is 0.0958. The zero-order chi connectivity index (χ0) is 20.2. The highest BCUT2D eigenvalue weighted by Gasteiger charge is 2.35. The van der Waals surface area contributed by atoms with Crippen LogP contribution in [0.1, 0.15) is 29.3 Å². The van der Waals surface area contributed by atoms with Crippen molar-refractivity contribution < 1.29 is 18.7 Å². The molecule has 4 rings (SSSR count). The van der Waals surface area contributed by atoms with Gasteiger partial charge in [0, 0.05) is 6.42 Å². The van der Waals surface area contributed by atoms with E-state index in [0.717, 1.165) is 22.6 Å². The van der Waals surface area contributed by atoms with Crippen LogP contribution in [0.15, 0.2) is 76.4 Å². The molecule has 3 aromatic rings. The third kappa shape index (κ3) is 4.01. The van der Waals surface area contributed by atoms with Crippen molar-refractivity contribution in [1.29, 1.82) is 0 Å². The van der Waals surface area contributed by atoms with Crippen LogP contribution in [0.5, 0.6) is 11.5 Å². The summed E-state index contributed by atoms with van der Waals surface area (Å²) in [7, 11) is 1.63. The van der Waals surface area contributed by atoms with Crippen molar-refractivity contribution in [3.8, 4) is 11.5 Å². The number of methoxy groups -OCH3 is 1. The van der Waals surface area contributed by atoms with E-state index < -0.39 is 0 Å². The van der Waals surface area contributed by atoms with Crippen molar-refractivity contribution in [1.82, 2.24) is 5.01 Å². The van der Waals surface area contributed by atoms with E-state index in [4.69, 9.17) is 13.9 Å². The van der Waals surface area contributed by atoms with Crippen molar-refractivity contribution in [2.45, 2.75) is 19.4 Å². The molecule has 1 atom stereocenters. The maximum absolute atomic E-state index is 12.9. The number of nitrogens with zero attached hydrogens (tertiary/aromatic N) is 2. The summed E-state index contributed by atoms with van der Waals surface area (Å²) in [6.07, 6.45) is 2.17. The molecule has 0 aliphatic carbocycles. The molecule has 1 aliphatic rings. The summed E-state index contributed by atoms with van der Waals surface area (Å²) in [6, 6.07) is 18.6. The lowest BCUT2D eigenvalue weighted by Crippen LogP contribution is -2.31. The lowest BCUT2D eigenvalue weighted by atomic mass is 10.0. The molecule has 1 aliphatic heterocycles. The van der Waals surface area contributed by atoms with Gasteiger partial charge in [-0.1, -0.05) is 18.2 Å². The van der Waals surface area contributed by atoms with Gasteiger partial charge in [-0.15, -0.1) is 0 Å². The molecular weight excluding hydrogens is 368 g/mol. The molecule has 2 aromatic carbocycles. The van der Waals surface area contributed by atoms with Crippen LogP contribution in [0.2, 0.25) is 0 Å². The Morgan fingerprint density at radius 2 is 1.93 bits per heavy atom. The number of amides is 1. The average molecular weight is 390 g/mol. The molecule has 0 spiro atoms. The number of hydrazone groups is 1. The fourth-order valence-corrected chi connectivity index (χ4v) is 3.32. The molecule has 0 bridgehead atoms. The molecule has 29 heavy (non-hydrogen) atoms. The minimum Gasteiger partial charge on any atom is -0.497 e. The van der Waals surface area contributed by atoms with E-state index in [1.807, 2.05) is 67.6 Å². The predicted molar refractivity (Wildman–Crippen MR) is 109 cm³/mol. The van der Waals surface area contributed by atoms with Crippen LogP contribution in [0, 0.1) is 6.92 Å². The van der Waals surface area contributed by atoms with Crippen LogP contribution >= 0.6 is 0 Å². The molecule has 0 saturated heterocycles. The molecule has 148 valence electrons. The van der Waals surface area contributed by atoms with Crippen LogP contribution in [-0.2, 0) is 4.79 Å². The summed E-state index contributed by atoms with van der Waals surface area (Å²) in [5, 5.41) is 6.07. The van der Waals surface area contributed by atoms with Gasteiger partial charge in [-0.25, -0.2) is 5.01 Å². The van der Waals surface area contributed by atoms with Crippen LogP contribution in [-0.4, -0.2) is 30.3 Å². The first-order valence-electron chi connectivity index (χ1n) is 9.41. The quantitative estimate of drug-likeness (QED) is 0.628. The topological polar surface area (TPSA) is 64.3 Å². The highest BCUT2D eigenvalue weighted by atomic mass is 16.5. The lowest BCUT2D eigenvalue weighted by Gasteiger charge is -2.20. The fraction of sp³-hybridized carbons (Fsp3) is 0.217. The van der Waals surface area contributed by atoms with Crippen molar-refractivity contribution >= 4 is 11.6 Å². The Labute approximate surface area is 169 Å². The monoisotopic (exact) mass is 390 g/mol. The van der Waals surface area contributed by atoms with E-state index in [9.17, 15) is 4.79 Å². The molecular formula is C23H22N2O4. The summed E-state index contributed by atoms with van der Waals surface area (Å²) in [6.45, 7) is 1.85. The molecule has 0 fully saturated rings. The van der Waals surface area contributed by atoms with Gasteiger partial charge in [0.2, 0.25) is 0 Å². The Morgan fingerprint density at radius 1 is 1.14 bits per heavy atom. The third-order valence-corrected chi connectivity index (χ3v) is 4.91. The normalized spacial score (nSPS) is 15.9. The van der Waals surface area contributed by atoms with Crippen LogP contribution in [0.3, 0.4) is 0 Å². The van der Waals surface area contributed by atoms with E-state index in [2.05, 4.69) is 5.10 Å². The average Bonchev–Trinajstić information content (AvgIpc) is 3.43. The molecule has 6 heteroatoms. The predicted octanol–water partition coefficient (Wildman–Crippen LogP) is 4.35. The lowest BCUT2D eigenvalue weighted by molar-refractivity contribution is -0.135. The Bertz CT molecular complexity index is 1010. The number of hydrogen-bond donors (Lipinski definition) is 0. The van der Waals surface area contributed by atoms with Gasteiger partial charge in [-0.3, -0.25) is 4.79 Å². The first-order chi connectivity index (χ1) is 14.2. The molecule has 0 unspecified atom stereocenters. The first-order valence-corrected chi connectivity index (χ1v) is 9.41. The second-order valence-electron chi connectivity index (χ2n) is 6.80. The summed E-state index contributed by atoms with van der Waals surface area (Å²) < 4.78 is 16.5. The molecule has 1 amide bonds. The van der Waals surface area contributed by atoms with E-state index in [1.165, 1.54) is 5.01 Å². The number of para-hydroxylation sites is 1. The van der Waals surface area contributed by atoms with Crippen LogP contribution < -0.4 is 9.47 Å². The van der Waals surface area contributed by atoms with Crippen LogP contribution in [0.4, 0.5) is 0 Å². The van der Waals surface area contributed by atoms with Gasteiger partial charge in [-0.2, -0.15) is 5.10 Å². The third-order valence-electron chi connectivity index (χ3n) is 4.91. The Balaban J connectivity index is 1.55. The number of hydrogen-bond acceptors (Lipinski definition) is 5. The molecule has 0 N–H and O–H groups in total. The summed E-state index contributed by atoms with van der Waals surface area (Å²) in [4.78, 5) is 12.9. The first kappa shape index (κ1) is 18.8. The number of benzene rings is 2. The highest BCUT2D eigenvalue weighted by Crippen LogP contribution is 2.33. The maximum atomic E-state index is 12.9. The van der Waals surface area contributed by atoms with Gasteiger partial charge < -0.3 is 13.9 Å². The highest BCUT2D eigenvalue weighted by molar-refractivity contribution is 6.03. The fourth-order valence-electron chi connectivity index (χ4n) is 3.32. The van der Waals surface area contributed by atoms with Gasteiger partial charge in [0.1, 0.15) is 23.3 Å². The second-order valence-corrected chi connectivity index (χ2v) is 6.80. The second kappa shape index (κ2) is 8.22. The number of aryl methyl sites for hydroxylation is 1. The smallest absolute Gasteiger partial charge is 0.281 e. The van der Waals surface area contributed by atoms with Gasteiger partial charge in [0.05, 0.1) is 19.1 Å². The maximum Gasteiger partial charge on any atom is 0.281 e. The number of carbonyl (C=O) groups is 1. The Morgan fingerprint density at radius 3 is 2.62 bits per heavy atom.